The van der Waals surface area contributed by atoms with E-state index in [1.54, 1.807) is 12.1 Å². The second kappa shape index (κ2) is 10.7. The molecular weight excluding hydrogens is 405 g/mol. The number of rotatable bonds is 10. The molecule has 3 aromatic rings. The molecule has 5 nitrogen and oxygen atoms in total. The van der Waals surface area contributed by atoms with Gasteiger partial charge in [0.05, 0.1) is 12.0 Å². The van der Waals surface area contributed by atoms with Crippen LogP contribution in [0.15, 0.2) is 48.5 Å². The fraction of sp³-hybridized carbons (Fsp3) is 0.304. The van der Waals surface area contributed by atoms with Gasteiger partial charge in [0.15, 0.2) is 0 Å². The lowest BCUT2D eigenvalue weighted by atomic mass is 10.1. The summed E-state index contributed by atoms with van der Waals surface area (Å²) < 4.78 is 25.7. The molecule has 0 atom stereocenters. The summed E-state index contributed by atoms with van der Waals surface area (Å²) in [5.74, 6) is -0.174. The fourth-order valence-electron chi connectivity index (χ4n) is 3.12. The van der Waals surface area contributed by atoms with Crippen LogP contribution in [0.25, 0.3) is 10.1 Å². The number of halogens is 1. The van der Waals surface area contributed by atoms with Gasteiger partial charge < -0.3 is 14.8 Å². The first kappa shape index (κ1) is 21.8. The van der Waals surface area contributed by atoms with Crippen molar-refractivity contribution in [2.75, 3.05) is 13.7 Å². The average Bonchev–Trinajstić information content (AvgIpc) is 3.15. The van der Waals surface area contributed by atoms with Crippen molar-refractivity contribution >= 4 is 33.3 Å². The Morgan fingerprint density at radius 2 is 1.83 bits per heavy atom. The molecule has 0 fully saturated rings. The Morgan fingerprint density at radius 3 is 2.60 bits per heavy atom. The van der Waals surface area contributed by atoms with Crippen molar-refractivity contribution in [1.82, 2.24) is 5.32 Å². The number of para-hydroxylation sites is 1. The normalized spacial score (nSPS) is 10.7. The molecule has 0 aliphatic heterocycles. The van der Waals surface area contributed by atoms with E-state index in [0.29, 0.717) is 45.7 Å². The molecule has 0 saturated heterocycles. The largest absolute Gasteiger partial charge is 0.489 e. The molecule has 0 spiro atoms. The Kier molecular flexibility index (Phi) is 7.79. The van der Waals surface area contributed by atoms with Gasteiger partial charge in [0.1, 0.15) is 18.2 Å². The zero-order valence-corrected chi connectivity index (χ0v) is 17.6. The van der Waals surface area contributed by atoms with Crippen LogP contribution in [0.2, 0.25) is 0 Å². The van der Waals surface area contributed by atoms with Gasteiger partial charge in [-0.2, -0.15) is 0 Å². The molecule has 1 N–H and O–H groups in total. The molecular formula is C23H24FNO4S. The predicted octanol–water partition coefficient (Wildman–Crippen LogP) is 5.08. The van der Waals surface area contributed by atoms with Crippen LogP contribution in [-0.2, 0) is 16.1 Å². The minimum atomic E-state index is -0.364. The molecule has 0 radical (unpaired) electrons. The monoisotopic (exact) mass is 429 g/mol. The first-order valence-electron chi connectivity index (χ1n) is 9.83. The summed E-state index contributed by atoms with van der Waals surface area (Å²) in [6.45, 7) is 0.586. The molecule has 1 heterocycles. The summed E-state index contributed by atoms with van der Waals surface area (Å²) in [4.78, 5) is 24.4. The van der Waals surface area contributed by atoms with Gasteiger partial charge in [-0.15, -0.1) is 11.3 Å². The first-order chi connectivity index (χ1) is 14.6. The van der Waals surface area contributed by atoms with E-state index in [0.717, 1.165) is 12.8 Å². The quantitative estimate of drug-likeness (QED) is 0.360. The van der Waals surface area contributed by atoms with E-state index in [2.05, 4.69) is 10.1 Å². The highest BCUT2D eigenvalue weighted by Crippen LogP contribution is 2.34. The highest BCUT2D eigenvalue weighted by molar-refractivity contribution is 7.21. The summed E-state index contributed by atoms with van der Waals surface area (Å²) in [5.41, 5.74) is 0.556. The number of carbonyl (C=O) groups excluding carboxylic acids is 2. The second-order valence-corrected chi connectivity index (χ2v) is 7.82. The first-order valence-corrected chi connectivity index (χ1v) is 10.6. The Bertz CT molecular complexity index is 1000. The van der Waals surface area contributed by atoms with E-state index < -0.39 is 0 Å². The highest BCUT2D eigenvalue weighted by Gasteiger charge is 2.21. The number of esters is 1. The topological polar surface area (TPSA) is 64.6 Å². The fourth-order valence-corrected chi connectivity index (χ4v) is 4.25. The third-order valence-corrected chi connectivity index (χ3v) is 5.86. The SMILES string of the molecule is COC(=O)CCCCCNC(=O)c1sc2cccc(F)c2c1COc1ccccc1. The number of carbonyl (C=O) groups is 2. The number of unbranched alkanes of at least 4 members (excludes halogenated alkanes) is 2. The van der Waals surface area contributed by atoms with Crippen LogP contribution in [0.3, 0.4) is 0 Å². The van der Waals surface area contributed by atoms with Crippen LogP contribution >= 0.6 is 11.3 Å². The lowest BCUT2D eigenvalue weighted by Gasteiger charge is -2.09. The Labute approximate surface area is 178 Å². The summed E-state index contributed by atoms with van der Waals surface area (Å²) in [7, 11) is 1.37. The number of hydrogen-bond acceptors (Lipinski definition) is 5. The number of thiophene rings is 1. The molecule has 0 unspecified atom stereocenters. The third kappa shape index (κ3) is 5.57. The Balaban J connectivity index is 1.67. The molecule has 1 amide bonds. The van der Waals surface area contributed by atoms with E-state index in [-0.39, 0.29) is 24.3 Å². The van der Waals surface area contributed by atoms with Crippen molar-refractivity contribution in [3.8, 4) is 5.75 Å². The van der Waals surface area contributed by atoms with E-state index in [4.69, 9.17) is 4.74 Å². The maximum atomic E-state index is 14.5. The highest BCUT2D eigenvalue weighted by atomic mass is 32.1. The predicted molar refractivity (Wildman–Crippen MR) is 115 cm³/mol. The maximum absolute atomic E-state index is 14.5. The van der Waals surface area contributed by atoms with Crippen molar-refractivity contribution in [3.05, 3.63) is 64.8 Å². The van der Waals surface area contributed by atoms with Gasteiger partial charge in [-0.1, -0.05) is 30.7 Å². The zero-order valence-electron chi connectivity index (χ0n) is 16.8. The summed E-state index contributed by atoms with van der Waals surface area (Å²) in [5, 5.41) is 3.33. The molecule has 3 rings (SSSR count). The maximum Gasteiger partial charge on any atom is 0.305 e. The van der Waals surface area contributed by atoms with E-state index in [1.807, 2.05) is 30.3 Å². The van der Waals surface area contributed by atoms with Crippen LogP contribution in [-0.4, -0.2) is 25.5 Å². The lowest BCUT2D eigenvalue weighted by molar-refractivity contribution is -0.140. The average molecular weight is 430 g/mol. The van der Waals surface area contributed by atoms with Crippen molar-refractivity contribution in [2.24, 2.45) is 0 Å². The van der Waals surface area contributed by atoms with Gasteiger partial charge >= 0.3 is 5.97 Å². The standard InChI is InChI=1S/C23H24FNO4S/c1-28-20(26)13-6-3-7-14-25-23(27)22-17(15-29-16-9-4-2-5-10-16)21-18(24)11-8-12-19(21)30-22/h2,4-5,8-12H,3,6-7,13-15H2,1H3,(H,25,27). The van der Waals surface area contributed by atoms with E-state index in [1.165, 1.54) is 24.5 Å². The molecule has 1 aromatic heterocycles. The molecule has 0 aliphatic carbocycles. The number of methoxy groups -OCH3 is 1. The van der Waals surface area contributed by atoms with Crippen LogP contribution in [0.5, 0.6) is 5.75 Å². The molecule has 0 saturated carbocycles. The van der Waals surface area contributed by atoms with Gasteiger partial charge in [-0.05, 0) is 37.1 Å². The summed E-state index contributed by atoms with van der Waals surface area (Å²) in [6.07, 6.45) is 2.64. The van der Waals surface area contributed by atoms with Crippen LogP contribution in [0.4, 0.5) is 4.39 Å². The Morgan fingerprint density at radius 1 is 1.03 bits per heavy atom. The van der Waals surface area contributed by atoms with Crippen molar-refractivity contribution in [3.63, 3.8) is 0 Å². The van der Waals surface area contributed by atoms with Gasteiger partial charge in [-0.25, -0.2) is 4.39 Å². The lowest BCUT2D eigenvalue weighted by Crippen LogP contribution is -2.24. The molecule has 158 valence electrons. The summed E-state index contributed by atoms with van der Waals surface area (Å²) in [6, 6.07) is 14.1. The number of amides is 1. The number of hydrogen-bond donors (Lipinski definition) is 1. The van der Waals surface area contributed by atoms with Crippen LogP contribution in [0.1, 0.15) is 40.9 Å². The number of ether oxygens (including phenoxy) is 2. The molecule has 0 aliphatic rings. The van der Waals surface area contributed by atoms with Crippen molar-refractivity contribution in [2.45, 2.75) is 32.3 Å². The smallest absolute Gasteiger partial charge is 0.305 e. The molecule has 2 aromatic carbocycles. The number of benzene rings is 2. The van der Waals surface area contributed by atoms with E-state index >= 15 is 0 Å². The number of nitrogens with one attached hydrogen (secondary N) is 1. The second-order valence-electron chi connectivity index (χ2n) is 6.77. The molecule has 30 heavy (non-hydrogen) atoms. The van der Waals surface area contributed by atoms with Crippen LogP contribution in [0, 0.1) is 5.82 Å². The van der Waals surface area contributed by atoms with Crippen molar-refractivity contribution < 1.29 is 23.5 Å². The van der Waals surface area contributed by atoms with Crippen molar-refractivity contribution in [1.29, 1.82) is 0 Å². The van der Waals surface area contributed by atoms with Gasteiger partial charge in [0, 0.05) is 28.6 Å². The Hall–Kier alpha value is -2.93. The number of fused-ring (bicyclic) bond motifs is 1. The minimum absolute atomic E-state index is 0.104. The molecule has 7 heteroatoms. The van der Waals surface area contributed by atoms with Gasteiger partial charge in [-0.3, -0.25) is 9.59 Å². The van der Waals surface area contributed by atoms with Crippen LogP contribution < -0.4 is 10.1 Å². The summed E-state index contributed by atoms with van der Waals surface area (Å²) >= 11 is 1.26. The zero-order chi connectivity index (χ0) is 21.3. The minimum Gasteiger partial charge on any atom is -0.489 e. The van der Waals surface area contributed by atoms with E-state index in [9.17, 15) is 14.0 Å². The van der Waals surface area contributed by atoms with Gasteiger partial charge in [0.2, 0.25) is 0 Å². The van der Waals surface area contributed by atoms with Gasteiger partial charge in [0.25, 0.3) is 5.91 Å². The third-order valence-electron chi connectivity index (χ3n) is 4.67. The molecule has 0 bridgehead atoms.